The summed E-state index contributed by atoms with van der Waals surface area (Å²) in [5, 5.41) is 50.1. The van der Waals surface area contributed by atoms with Crippen molar-refractivity contribution < 1.29 is 39.6 Å². The molecule has 0 saturated heterocycles. The van der Waals surface area contributed by atoms with Crippen LogP contribution in [0.5, 0.6) is 5.75 Å². The number of rotatable bonds is 6. The molecule has 0 aliphatic heterocycles. The van der Waals surface area contributed by atoms with Crippen LogP contribution >= 0.6 is 0 Å². The molecule has 8 N–H and O–H groups in total. The second-order valence-corrected chi connectivity index (χ2v) is 11.4. The van der Waals surface area contributed by atoms with E-state index in [2.05, 4.69) is 10.6 Å². The number of Topliss-reactive ketones (excluding diaryl/α,β-unsaturated/α-hetero) is 2. The number of benzene rings is 1. The van der Waals surface area contributed by atoms with E-state index in [0.29, 0.717) is 18.0 Å². The smallest absolute Gasteiger partial charge is 0.319 e. The minimum Gasteiger partial charge on any atom is -0.510 e. The van der Waals surface area contributed by atoms with Crippen LogP contribution in [0.15, 0.2) is 29.0 Å². The number of urea groups is 1. The van der Waals surface area contributed by atoms with Crippen LogP contribution in [0.25, 0.3) is 5.76 Å². The fourth-order valence-corrected chi connectivity index (χ4v) is 6.35. The Labute approximate surface area is 231 Å². The number of nitrogens with two attached hydrogens (primary N) is 1. The molecule has 0 heterocycles. The number of nitrogens with zero attached hydrogens (tertiary/aromatic N) is 1. The van der Waals surface area contributed by atoms with Crippen molar-refractivity contribution in [3.05, 3.63) is 40.2 Å². The van der Waals surface area contributed by atoms with Gasteiger partial charge in [-0.1, -0.05) is 26.8 Å². The van der Waals surface area contributed by atoms with E-state index in [4.69, 9.17) is 5.73 Å². The summed E-state index contributed by atoms with van der Waals surface area (Å²) in [4.78, 5) is 53.2. The Morgan fingerprint density at radius 3 is 2.33 bits per heavy atom. The number of nitrogens with one attached hydrogen (secondary N) is 2. The van der Waals surface area contributed by atoms with E-state index in [0.717, 1.165) is 6.42 Å². The minimum atomic E-state index is -1.60. The molecular weight excluding hydrogens is 520 g/mol. The Kier molecular flexibility index (Phi) is 7.70. The molecule has 0 radical (unpaired) electrons. The number of carbonyl (C=O) groups is 4. The first-order valence-corrected chi connectivity index (χ1v) is 13.2. The van der Waals surface area contributed by atoms with Crippen LogP contribution in [0, 0.1) is 23.7 Å². The highest BCUT2D eigenvalue weighted by atomic mass is 16.3. The highest BCUT2D eigenvalue weighted by molar-refractivity contribution is 6.28. The quantitative estimate of drug-likeness (QED) is 0.154. The molecule has 3 amide bonds. The van der Waals surface area contributed by atoms with Crippen molar-refractivity contribution in [2.24, 2.45) is 29.4 Å². The number of phenolic OH excluding ortho intramolecular Hbond substituents is 1. The van der Waals surface area contributed by atoms with Gasteiger partial charge in [0.15, 0.2) is 11.6 Å². The van der Waals surface area contributed by atoms with Gasteiger partial charge in [0.1, 0.15) is 22.8 Å². The van der Waals surface area contributed by atoms with Gasteiger partial charge in [0.25, 0.3) is 5.91 Å². The maximum atomic E-state index is 13.9. The number of amides is 3. The summed E-state index contributed by atoms with van der Waals surface area (Å²) in [6.45, 7) is 6.15. The summed E-state index contributed by atoms with van der Waals surface area (Å²) in [6.07, 6.45) is -0.651. The molecule has 0 bridgehead atoms. The lowest BCUT2D eigenvalue weighted by atomic mass is 9.56. The van der Waals surface area contributed by atoms with Crippen molar-refractivity contribution in [3.8, 4) is 5.75 Å². The van der Waals surface area contributed by atoms with Crippen LogP contribution in [-0.4, -0.2) is 81.6 Å². The van der Waals surface area contributed by atoms with E-state index in [1.807, 2.05) is 13.8 Å². The molecule has 3 aliphatic rings. The van der Waals surface area contributed by atoms with Gasteiger partial charge in [0.2, 0.25) is 0 Å². The van der Waals surface area contributed by atoms with E-state index in [1.54, 1.807) is 27.1 Å². The minimum absolute atomic E-state index is 0.00874. The zero-order chi connectivity index (χ0) is 29.8. The molecule has 40 heavy (non-hydrogen) atoms. The van der Waals surface area contributed by atoms with Gasteiger partial charge in [-0.05, 0) is 44.0 Å². The standard InChI is InChI=1S/C28H36N4O8/c1-10(2)8-9-30-28(40)31-13-7-6-12-11(3)14-17(23(35)15(12)21(13)33)24(36)18-16(22(14)34)20(32(4)5)26(38)19(25(18)37)27(29)39/h6-7,10-11,14,16,18,20,22,33-35,38H,8-9H2,1-5H3,(H2,29,39)(H2,30,31,40)/t11-,14?,16?,18?,20-,22?/m0/s1. The molecule has 0 spiro atoms. The molecule has 3 aliphatic carbocycles. The normalized spacial score (nSPS) is 27.9. The Morgan fingerprint density at radius 2 is 1.75 bits per heavy atom. The number of anilines is 1. The van der Waals surface area contributed by atoms with Crippen LogP contribution in [0.1, 0.15) is 44.2 Å². The lowest BCUT2D eigenvalue weighted by molar-refractivity contribution is -0.143. The average Bonchev–Trinajstić information content (AvgIpc) is 2.84. The maximum absolute atomic E-state index is 13.9. The fraction of sp³-hybridized carbons (Fsp3) is 0.500. The van der Waals surface area contributed by atoms with Gasteiger partial charge in [-0.25, -0.2) is 4.79 Å². The summed E-state index contributed by atoms with van der Waals surface area (Å²) >= 11 is 0. The molecule has 4 unspecified atom stereocenters. The van der Waals surface area contributed by atoms with Crippen molar-refractivity contribution in [1.29, 1.82) is 0 Å². The largest absolute Gasteiger partial charge is 0.510 e. The number of carbonyl (C=O) groups excluding carboxylic acids is 4. The lowest BCUT2D eigenvalue weighted by Crippen LogP contribution is -2.61. The summed E-state index contributed by atoms with van der Waals surface area (Å²) < 4.78 is 0. The van der Waals surface area contributed by atoms with Crippen molar-refractivity contribution >= 4 is 35.0 Å². The molecule has 216 valence electrons. The van der Waals surface area contributed by atoms with Gasteiger partial charge < -0.3 is 36.8 Å². The van der Waals surface area contributed by atoms with Crippen molar-refractivity contribution in [3.63, 3.8) is 0 Å². The summed E-state index contributed by atoms with van der Waals surface area (Å²) in [5.74, 6) is -8.77. The van der Waals surface area contributed by atoms with Gasteiger partial charge in [-0.3, -0.25) is 19.3 Å². The number of fused-ring (bicyclic) bond motifs is 3. The third kappa shape index (κ3) is 4.50. The summed E-state index contributed by atoms with van der Waals surface area (Å²) in [6, 6.07) is 1.41. The lowest BCUT2D eigenvalue weighted by Gasteiger charge is -2.50. The molecule has 6 atom stereocenters. The average molecular weight is 557 g/mol. The fourth-order valence-electron chi connectivity index (χ4n) is 6.35. The van der Waals surface area contributed by atoms with Gasteiger partial charge >= 0.3 is 6.03 Å². The number of hydrogen-bond donors (Lipinski definition) is 7. The number of likely N-dealkylation sites (N-methyl/N-ethyl adjacent to an activating group) is 1. The number of aliphatic hydroxyl groups excluding tert-OH is 3. The molecule has 1 fully saturated rings. The predicted octanol–water partition coefficient (Wildman–Crippen LogP) is 1.55. The Balaban J connectivity index is 1.80. The topological polar surface area (TPSA) is 203 Å². The summed E-state index contributed by atoms with van der Waals surface area (Å²) in [7, 11) is 3.13. The van der Waals surface area contributed by atoms with Crippen molar-refractivity contribution in [2.75, 3.05) is 26.0 Å². The molecule has 1 aromatic carbocycles. The summed E-state index contributed by atoms with van der Waals surface area (Å²) in [5.41, 5.74) is 4.70. The Bertz CT molecular complexity index is 1350. The van der Waals surface area contributed by atoms with Crippen LogP contribution in [0.2, 0.25) is 0 Å². The van der Waals surface area contributed by atoms with Gasteiger partial charge in [-0.2, -0.15) is 0 Å². The van der Waals surface area contributed by atoms with E-state index in [1.165, 1.54) is 11.0 Å². The highest BCUT2D eigenvalue weighted by Gasteiger charge is 2.60. The second kappa shape index (κ2) is 10.6. The monoisotopic (exact) mass is 556 g/mol. The molecule has 12 nitrogen and oxygen atoms in total. The number of hydrogen-bond acceptors (Lipinski definition) is 9. The molecule has 0 aromatic heterocycles. The number of aromatic hydroxyl groups is 1. The van der Waals surface area contributed by atoms with Gasteiger partial charge in [0, 0.05) is 24.0 Å². The van der Waals surface area contributed by atoms with Crippen molar-refractivity contribution in [1.82, 2.24) is 10.2 Å². The molecular formula is C28H36N4O8. The zero-order valence-corrected chi connectivity index (χ0v) is 23.1. The zero-order valence-electron chi connectivity index (χ0n) is 23.1. The predicted molar refractivity (Wildman–Crippen MR) is 145 cm³/mol. The van der Waals surface area contributed by atoms with Gasteiger partial charge in [0.05, 0.1) is 29.3 Å². The first kappa shape index (κ1) is 29.1. The number of primary amides is 1. The molecule has 1 saturated carbocycles. The third-order valence-electron chi connectivity index (χ3n) is 8.25. The van der Waals surface area contributed by atoms with E-state index < -0.39 is 82.2 Å². The van der Waals surface area contributed by atoms with Crippen LogP contribution in [-0.2, 0) is 14.4 Å². The first-order chi connectivity index (χ1) is 18.7. The van der Waals surface area contributed by atoms with Gasteiger partial charge in [-0.15, -0.1) is 0 Å². The number of ketones is 2. The molecule has 1 aromatic rings. The van der Waals surface area contributed by atoms with Crippen molar-refractivity contribution in [2.45, 2.75) is 45.3 Å². The van der Waals surface area contributed by atoms with E-state index in [-0.39, 0.29) is 16.8 Å². The highest BCUT2D eigenvalue weighted by Crippen LogP contribution is 2.55. The van der Waals surface area contributed by atoms with Crippen LogP contribution in [0.3, 0.4) is 0 Å². The van der Waals surface area contributed by atoms with Crippen LogP contribution in [0.4, 0.5) is 10.5 Å². The van der Waals surface area contributed by atoms with E-state index in [9.17, 15) is 39.6 Å². The van der Waals surface area contributed by atoms with Crippen LogP contribution < -0.4 is 16.4 Å². The number of aliphatic hydroxyl groups is 3. The molecule has 4 rings (SSSR count). The third-order valence-corrected chi connectivity index (χ3v) is 8.25. The number of phenols is 1. The van der Waals surface area contributed by atoms with E-state index >= 15 is 0 Å². The second-order valence-electron chi connectivity index (χ2n) is 11.4. The Morgan fingerprint density at radius 1 is 1.10 bits per heavy atom. The first-order valence-electron chi connectivity index (χ1n) is 13.2. The Hall–Kier alpha value is -3.90. The SMILES string of the molecule is CC(C)CCNC(=O)Nc1ccc2c(c1O)C(O)=C1C(=O)C3C(=O)C(C(N)=O)=C(O)[C@@H](N(C)C)C3C(O)C1[C@H]2C. The maximum Gasteiger partial charge on any atom is 0.319 e. The molecule has 12 heteroatoms.